The number of carbonyl (C=O) groups excluding carboxylic acids is 1. The molecule has 0 radical (unpaired) electrons. The molecule has 0 aliphatic rings. The van der Waals surface area contributed by atoms with E-state index >= 15 is 0 Å². The van der Waals surface area contributed by atoms with Crippen LogP contribution in [0.25, 0.3) is 11.1 Å². The quantitative estimate of drug-likeness (QED) is 0.623. The second-order valence-electron chi connectivity index (χ2n) is 3.43. The van der Waals surface area contributed by atoms with Gasteiger partial charge in [-0.15, -0.1) is 0 Å². The van der Waals surface area contributed by atoms with Gasteiger partial charge in [0.05, 0.1) is 12.7 Å². The number of rotatable bonds is 2. The zero-order valence-corrected chi connectivity index (χ0v) is 11.3. The number of carbonyl (C=O) groups is 1. The zero-order valence-electron chi connectivity index (χ0n) is 9.18. The second-order valence-corrected chi connectivity index (χ2v) is 4.59. The van der Waals surface area contributed by atoms with E-state index in [1.165, 1.54) is 7.11 Å². The van der Waals surface area contributed by atoms with E-state index in [1.54, 1.807) is 18.5 Å². The molecule has 0 aliphatic carbocycles. The summed E-state index contributed by atoms with van der Waals surface area (Å²) in [5, 5.41) is 0. The lowest BCUT2D eigenvalue weighted by Gasteiger charge is -2.06. The van der Waals surface area contributed by atoms with E-state index in [9.17, 15) is 4.79 Å². The van der Waals surface area contributed by atoms with Crippen LogP contribution in [0.4, 0.5) is 0 Å². The Bertz CT molecular complexity index is 540. The Morgan fingerprint density at radius 3 is 2.76 bits per heavy atom. The van der Waals surface area contributed by atoms with Gasteiger partial charge in [-0.05, 0) is 46.4 Å². The molecule has 0 unspecified atom stereocenters. The molecular formula is C13H10INO2. The van der Waals surface area contributed by atoms with E-state index in [0.29, 0.717) is 5.56 Å². The van der Waals surface area contributed by atoms with Crippen LogP contribution < -0.4 is 0 Å². The second kappa shape index (κ2) is 5.27. The number of hydrogen-bond donors (Lipinski definition) is 0. The third-order valence-corrected chi connectivity index (χ3v) is 3.26. The molecule has 86 valence electrons. The van der Waals surface area contributed by atoms with Crippen molar-refractivity contribution < 1.29 is 9.53 Å². The lowest BCUT2D eigenvalue weighted by molar-refractivity contribution is 0.0600. The summed E-state index contributed by atoms with van der Waals surface area (Å²) in [5.41, 5.74) is 2.66. The molecule has 17 heavy (non-hydrogen) atoms. The Labute approximate surface area is 113 Å². The highest BCUT2D eigenvalue weighted by Gasteiger charge is 2.09. The molecule has 1 aromatic heterocycles. The van der Waals surface area contributed by atoms with Gasteiger partial charge in [-0.1, -0.05) is 12.1 Å². The van der Waals surface area contributed by atoms with Gasteiger partial charge in [-0.25, -0.2) is 4.79 Å². The van der Waals surface area contributed by atoms with Gasteiger partial charge in [0.2, 0.25) is 0 Å². The number of pyridine rings is 1. The van der Waals surface area contributed by atoms with Gasteiger partial charge in [-0.2, -0.15) is 0 Å². The molecule has 0 aliphatic heterocycles. The van der Waals surface area contributed by atoms with Crippen molar-refractivity contribution >= 4 is 28.6 Å². The van der Waals surface area contributed by atoms with E-state index in [-0.39, 0.29) is 5.97 Å². The third-order valence-electron chi connectivity index (χ3n) is 2.36. The fraction of sp³-hybridized carbons (Fsp3) is 0.0769. The first-order valence-corrected chi connectivity index (χ1v) is 6.08. The van der Waals surface area contributed by atoms with Crippen molar-refractivity contribution in [2.75, 3.05) is 7.11 Å². The number of esters is 1. The monoisotopic (exact) mass is 339 g/mol. The van der Waals surface area contributed by atoms with Gasteiger partial charge in [0.15, 0.2) is 0 Å². The summed E-state index contributed by atoms with van der Waals surface area (Å²) in [6.45, 7) is 0. The van der Waals surface area contributed by atoms with Crippen molar-refractivity contribution in [3.05, 3.63) is 51.9 Å². The number of benzene rings is 1. The average Bonchev–Trinajstić information content (AvgIpc) is 2.38. The Kier molecular flexibility index (Phi) is 3.73. The maximum Gasteiger partial charge on any atom is 0.337 e. The number of hydrogen-bond acceptors (Lipinski definition) is 3. The summed E-state index contributed by atoms with van der Waals surface area (Å²) in [4.78, 5) is 15.5. The number of nitrogens with zero attached hydrogens (tertiary/aromatic N) is 1. The summed E-state index contributed by atoms with van der Waals surface area (Å²) in [5.74, 6) is -0.319. The third kappa shape index (κ3) is 2.63. The topological polar surface area (TPSA) is 39.2 Å². The molecule has 3 nitrogen and oxygen atoms in total. The van der Waals surface area contributed by atoms with Gasteiger partial charge in [0, 0.05) is 21.5 Å². The van der Waals surface area contributed by atoms with Crippen LogP contribution in [-0.4, -0.2) is 18.1 Å². The molecule has 2 aromatic rings. The number of aromatic nitrogens is 1. The van der Waals surface area contributed by atoms with Crippen LogP contribution in [0.5, 0.6) is 0 Å². The Morgan fingerprint density at radius 2 is 2.18 bits per heavy atom. The predicted octanol–water partition coefficient (Wildman–Crippen LogP) is 3.14. The molecule has 1 aromatic carbocycles. The summed E-state index contributed by atoms with van der Waals surface area (Å²) < 4.78 is 5.68. The highest BCUT2D eigenvalue weighted by atomic mass is 127. The van der Waals surface area contributed by atoms with Crippen LogP contribution in [0.15, 0.2) is 42.7 Å². The van der Waals surface area contributed by atoms with Crippen molar-refractivity contribution in [2.24, 2.45) is 0 Å². The molecule has 2 rings (SSSR count). The first kappa shape index (κ1) is 12.0. The van der Waals surface area contributed by atoms with Gasteiger partial charge in [-0.3, -0.25) is 4.98 Å². The number of ether oxygens (including phenoxy) is 1. The molecule has 0 saturated heterocycles. The van der Waals surface area contributed by atoms with Crippen LogP contribution in [0.2, 0.25) is 0 Å². The zero-order chi connectivity index (χ0) is 12.3. The van der Waals surface area contributed by atoms with E-state index < -0.39 is 0 Å². The number of halogens is 1. The summed E-state index contributed by atoms with van der Waals surface area (Å²) >= 11 is 2.20. The highest BCUT2D eigenvalue weighted by Crippen LogP contribution is 2.25. The fourth-order valence-electron chi connectivity index (χ4n) is 1.52. The summed E-state index contributed by atoms with van der Waals surface area (Å²) in [7, 11) is 1.38. The van der Waals surface area contributed by atoms with Crippen molar-refractivity contribution in [3.8, 4) is 11.1 Å². The summed E-state index contributed by atoms with van der Waals surface area (Å²) in [6, 6.07) is 9.36. The van der Waals surface area contributed by atoms with Crippen molar-refractivity contribution in [1.82, 2.24) is 4.98 Å². The van der Waals surface area contributed by atoms with Crippen LogP contribution in [-0.2, 0) is 4.74 Å². The minimum absolute atomic E-state index is 0.319. The standard InChI is InChI=1S/C13H10INO2/c1-17-13(16)9-4-5-11(12(14)7-9)10-3-2-6-15-8-10/h2-8H,1H3. The predicted molar refractivity (Wildman–Crippen MR) is 73.7 cm³/mol. The Hall–Kier alpha value is -1.43. The van der Waals surface area contributed by atoms with E-state index in [0.717, 1.165) is 14.7 Å². The molecule has 0 atom stereocenters. The Balaban J connectivity index is 2.42. The van der Waals surface area contributed by atoms with Gasteiger partial charge in [0.1, 0.15) is 0 Å². The lowest BCUT2D eigenvalue weighted by atomic mass is 10.1. The van der Waals surface area contributed by atoms with Crippen LogP contribution in [0.1, 0.15) is 10.4 Å². The molecule has 0 spiro atoms. The van der Waals surface area contributed by atoms with Gasteiger partial charge in [0.25, 0.3) is 0 Å². The van der Waals surface area contributed by atoms with Crippen LogP contribution >= 0.6 is 22.6 Å². The van der Waals surface area contributed by atoms with Crippen molar-refractivity contribution in [2.45, 2.75) is 0 Å². The highest BCUT2D eigenvalue weighted by molar-refractivity contribution is 14.1. The molecule has 0 amide bonds. The number of methoxy groups -OCH3 is 1. The molecule has 0 N–H and O–H groups in total. The maximum atomic E-state index is 11.4. The summed E-state index contributed by atoms with van der Waals surface area (Å²) in [6.07, 6.45) is 3.54. The normalized spacial score (nSPS) is 10.0. The van der Waals surface area contributed by atoms with Crippen molar-refractivity contribution in [1.29, 1.82) is 0 Å². The lowest BCUT2D eigenvalue weighted by Crippen LogP contribution is -2.01. The molecule has 0 fully saturated rings. The first-order valence-electron chi connectivity index (χ1n) is 5.00. The molecule has 4 heteroatoms. The van der Waals surface area contributed by atoms with E-state index in [1.807, 2.05) is 24.3 Å². The van der Waals surface area contributed by atoms with Gasteiger partial charge < -0.3 is 4.74 Å². The minimum Gasteiger partial charge on any atom is -0.465 e. The van der Waals surface area contributed by atoms with E-state index in [4.69, 9.17) is 0 Å². The fourth-order valence-corrected chi connectivity index (χ4v) is 2.34. The SMILES string of the molecule is COC(=O)c1ccc(-c2cccnc2)c(I)c1. The minimum atomic E-state index is -0.319. The smallest absolute Gasteiger partial charge is 0.337 e. The van der Waals surface area contributed by atoms with Crippen molar-refractivity contribution in [3.63, 3.8) is 0 Å². The Morgan fingerprint density at radius 1 is 1.35 bits per heavy atom. The molecule has 1 heterocycles. The molecule has 0 saturated carbocycles. The van der Waals surface area contributed by atoms with Crippen LogP contribution in [0.3, 0.4) is 0 Å². The first-order chi connectivity index (χ1) is 8.22. The van der Waals surface area contributed by atoms with Crippen LogP contribution in [0, 0.1) is 3.57 Å². The average molecular weight is 339 g/mol. The molecular weight excluding hydrogens is 329 g/mol. The molecule has 0 bridgehead atoms. The largest absolute Gasteiger partial charge is 0.465 e. The van der Waals surface area contributed by atoms with Gasteiger partial charge >= 0.3 is 5.97 Å². The maximum absolute atomic E-state index is 11.4. The van der Waals surface area contributed by atoms with E-state index in [2.05, 4.69) is 32.3 Å².